The minimum absolute atomic E-state index is 0.235. The summed E-state index contributed by atoms with van der Waals surface area (Å²) < 4.78 is 11.3. The average molecular weight is 356 g/mol. The number of hydrogen-bond acceptors (Lipinski definition) is 4. The van der Waals surface area contributed by atoms with Gasteiger partial charge in [-0.15, -0.1) is 0 Å². The first-order valence-corrected chi connectivity index (χ1v) is 8.72. The Balaban J connectivity index is 1.93. The topological polar surface area (TPSA) is 80.4 Å². The fraction of sp³-hybridized carbons (Fsp3) is 0.400. The van der Waals surface area contributed by atoms with Gasteiger partial charge in [0.1, 0.15) is 17.1 Å². The molecule has 0 unspecified atom stereocenters. The molecule has 2 aromatic rings. The molecule has 0 bridgehead atoms. The monoisotopic (exact) mass is 356 g/mol. The summed E-state index contributed by atoms with van der Waals surface area (Å²) in [4.78, 5) is 27.3. The first kappa shape index (κ1) is 18.0. The second-order valence-electron chi connectivity index (χ2n) is 7.11. The minimum atomic E-state index is -0.414. The first-order valence-electron chi connectivity index (χ1n) is 8.72. The van der Waals surface area contributed by atoms with Gasteiger partial charge in [-0.05, 0) is 44.5 Å². The lowest BCUT2D eigenvalue weighted by Crippen LogP contribution is -2.41. The molecular weight excluding hydrogens is 332 g/mol. The highest BCUT2D eigenvalue weighted by molar-refractivity contribution is 5.94. The molecule has 6 nitrogen and oxygen atoms in total. The average Bonchev–Trinajstić information content (AvgIpc) is 2.59. The molecule has 1 aromatic heterocycles. The van der Waals surface area contributed by atoms with E-state index in [4.69, 9.17) is 9.47 Å². The van der Waals surface area contributed by atoms with E-state index in [-0.39, 0.29) is 17.5 Å². The molecule has 1 aliphatic heterocycles. The number of aromatic amines is 1. The number of amides is 1. The Morgan fingerprint density at radius 3 is 2.81 bits per heavy atom. The van der Waals surface area contributed by atoms with Crippen LogP contribution in [0.4, 0.5) is 0 Å². The van der Waals surface area contributed by atoms with E-state index in [1.54, 1.807) is 13.2 Å². The largest absolute Gasteiger partial charge is 0.497 e. The Morgan fingerprint density at radius 1 is 1.35 bits per heavy atom. The van der Waals surface area contributed by atoms with E-state index < -0.39 is 5.60 Å². The van der Waals surface area contributed by atoms with Crippen molar-refractivity contribution in [2.45, 2.75) is 45.3 Å². The van der Waals surface area contributed by atoms with E-state index >= 15 is 0 Å². The van der Waals surface area contributed by atoms with E-state index in [1.165, 1.54) is 6.07 Å². The Bertz CT molecular complexity index is 886. The van der Waals surface area contributed by atoms with E-state index in [1.807, 2.05) is 39.0 Å². The van der Waals surface area contributed by atoms with Crippen LogP contribution in [0.2, 0.25) is 0 Å². The number of ether oxygens (including phenoxy) is 2. The van der Waals surface area contributed by atoms with Gasteiger partial charge in [-0.1, -0.05) is 6.92 Å². The van der Waals surface area contributed by atoms with Gasteiger partial charge >= 0.3 is 0 Å². The maximum Gasteiger partial charge on any atom is 0.252 e. The number of aromatic nitrogens is 1. The molecule has 1 aromatic carbocycles. The fourth-order valence-electron chi connectivity index (χ4n) is 3.25. The molecule has 1 aliphatic rings. The molecule has 0 aliphatic carbocycles. The van der Waals surface area contributed by atoms with Crippen LogP contribution in [0.1, 0.15) is 54.8 Å². The highest BCUT2D eigenvalue weighted by Crippen LogP contribution is 2.41. The number of rotatable bonds is 4. The lowest BCUT2D eigenvalue weighted by atomic mass is 9.89. The van der Waals surface area contributed by atoms with E-state index in [9.17, 15) is 9.59 Å². The summed E-state index contributed by atoms with van der Waals surface area (Å²) in [6.45, 7) is 5.90. The standard InChI is InChI=1S/C20H24N2O4/c1-5-13-8-12(9-18(23)21-13)19(24)22-16-11-20(2,3)26-17-7-6-14(25-4)10-15(16)17/h6-10,16H,5,11H2,1-4H3,(H,21,23)(H,22,24)/t16-/m1/s1. The maximum absolute atomic E-state index is 12.8. The molecule has 1 atom stereocenters. The van der Waals surface area contributed by atoms with Gasteiger partial charge in [0.2, 0.25) is 5.56 Å². The van der Waals surface area contributed by atoms with E-state index in [0.29, 0.717) is 24.2 Å². The summed E-state index contributed by atoms with van der Waals surface area (Å²) in [7, 11) is 1.60. The third kappa shape index (κ3) is 3.74. The van der Waals surface area contributed by atoms with Crippen LogP contribution in [-0.4, -0.2) is 23.6 Å². The molecule has 3 rings (SSSR count). The van der Waals surface area contributed by atoms with Gasteiger partial charge in [-0.25, -0.2) is 0 Å². The van der Waals surface area contributed by atoms with Crippen molar-refractivity contribution < 1.29 is 14.3 Å². The maximum atomic E-state index is 12.8. The van der Waals surface area contributed by atoms with E-state index in [2.05, 4.69) is 10.3 Å². The molecule has 2 heterocycles. The van der Waals surface area contributed by atoms with Gasteiger partial charge in [-0.3, -0.25) is 9.59 Å². The van der Waals surface area contributed by atoms with Gasteiger partial charge in [0.15, 0.2) is 0 Å². The summed E-state index contributed by atoms with van der Waals surface area (Å²) in [5.74, 6) is 1.16. The van der Waals surface area contributed by atoms with Crippen molar-refractivity contribution in [3.05, 3.63) is 57.5 Å². The third-order valence-corrected chi connectivity index (χ3v) is 4.52. The number of benzene rings is 1. The number of fused-ring (bicyclic) bond motifs is 1. The number of aryl methyl sites for hydroxylation is 1. The number of pyridine rings is 1. The molecule has 0 saturated carbocycles. The van der Waals surface area contributed by atoms with Crippen LogP contribution in [0.15, 0.2) is 35.1 Å². The van der Waals surface area contributed by atoms with Crippen LogP contribution < -0.4 is 20.3 Å². The smallest absolute Gasteiger partial charge is 0.252 e. The highest BCUT2D eigenvalue weighted by Gasteiger charge is 2.35. The summed E-state index contributed by atoms with van der Waals surface area (Å²) >= 11 is 0. The van der Waals surface area contributed by atoms with Crippen molar-refractivity contribution >= 4 is 5.91 Å². The Morgan fingerprint density at radius 2 is 2.12 bits per heavy atom. The van der Waals surface area contributed by atoms with Crippen molar-refractivity contribution in [1.29, 1.82) is 0 Å². The Hall–Kier alpha value is -2.76. The van der Waals surface area contributed by atoms with Crippen LogP contribution in [-0.2, 0) is 6.42 Å². The number of carbonyl (C=O) groups excluding carboxylic acids is 1. The molecule has 0 spiro atoms. The normalized spacial score (nSPS) is 17.8. The molecule has 2 N–H and O–H groups in total. The number of nitrogens with one attached hydrogen (secondary N) is 2. The van der Waals surface area contributed by atoms with Crippen LogP contribution in [0.25, 0.3) is 0 Å². The van der Waals surface area contributed by atoms with Crippen molar-refractivity contribution in [3.63, 3.8) is 0 Å². The SMILES string of the molecule is CCc1cc(C(=O)N[C@@H]2CC(C)(C)Oc3ccc(OC)cc32)cc(=O)[nH]1. The second-order valence-corrected chi connectivity index (χ2v) is 7.11. The fourth-order valence-corrected chi connectivity index (χ4v) is 3.25. The lowest BCUT2D eigenvalue weighted by molar-refractivity contribution is 0.0618. The first-order chi connectivity index (χ1) is 12.3. The second kappa shape index (κ2) is 6.86. The number of carbonyl (C=O) groups is 1. The molecule has 0 saturated heterocycles. The van der Waals surface area contributed by atoms with Gasteiger partial charge < -0.3 is 19.8 Å². The van der Waals surface area contributed by atoms with Crippen LogP contribution in [0, 0.1) is 0 Å². The quantitative estimate of drug-likeness (QED) is 0.882. The Kier molecular flexibility index (Phi) is 4.76. The zero-order valence-corrected chi connectivity index (χ0v) is 15.5. The van der Waals surface area contributed by atoms with Crippen molar-refractivity contribution in [3.8, 4) is 11.5 Å². The number of methoxy groups -OCH3 is 1. The van der Waals surface area contributed by atoms with E-state index in [0.717, 1.165) is 17.0 Å². The van der Waals surface area contributed by atoms with Crippen LogP contribution >= 0.6 is 0 Å². The molecule has 1 amide bonds. The van der Waals surface area contributed by atoms with Crippen molar-refractivity contribution in [1.82, 2.24) is 10.3 Å². The molecule has 138 valence electrons. The molecule has 0 radical (unpaired) electrons. The third-order valence-electron chi connectivity index (χ3n) is 4.52. The highest BCUT2D eigenvalue weighted by atomic mass is 16.5. The molecule has 26 heavy (non-hydrogen) atoms. The Labute approximate surface area is 152 Å². The van der Waals surface area contributed by atoms with Crippen molar-refractivity contribution in [2.75, 3.05) is 7.11 Å². The zero-order valence-electron chi connectivity index (χ0n) is 15.5. The predicted molar refractivity (Wildman–Crippen MR) is 99.0 cm³/mol. The summed E-state index contributed by atoms with van der Waals surface area (Å²) in [6, 6.07) is 8.38. The summed E-state index contributed by atoms with van der Waals surface area (Å²) in [6.07, 6.45) is 1.27. The summed E-state index contributed by atoms with van der Waals surface area (Å²) in [5.41, 5.74) is 1.28. The molecule has 6 heteroatoms. The predicted octanol–water partition coefficient (Wildman–Crippen LogP) is 2.98. The number of hydrogen-bond donors (Lipinski definition) is 2. The summed E-state index contributed by atoms with van der Waals surface area (Å²) in [5, 5.41) is 3.05. The van der Waals surface area contributed by atoms with Gasteiger partial charge in [0.05, 0.1) is 13.2 Å². The van der Waals surface area contributed by atoms with Crippen molar-refractivity contribution in [2.24, 2.45) is 0 Å². The van der Waals surface area contributed by atoms with Gasteiger partial charge in [0, 0.05) is 29.3 Å². The lowest BCUT2D eigenvalue weighted by Gasteiger charge is -2.38. The number of H-pyrrole nitrogens is 1. The van der Waals surface area contributed by atoms with Gasteiger partial charge in [-0.2, -0.15) is 0 Å². The molecule has 0 fully saturated rings. The minimum Gasteiger partial charge on any atom is -0.497 e. The van der Waals surface area contributed by atoms with Gasteiger partial charge in [0.25, 0.3) is 5.91 Å². The van der Waals surface area contributed by atoms with Crippen LogP contribution in [0.3, 0.4) is 0 Å². The zero-order chi connectivity index (χ0) is 18.9. The molecular formula is C20H24N2O4. The van der Waals surface area contributed by atoms with Crippen LogP contribution in [0.5, 0.6) is 11.5 Å².